The van der Waals surface area contributed by atoms with Crippen molar-refractivity contribution in [1.29, 1.82) is 0 Å². The number of fused-ring (bicyclic) bond motifs is 1. The fraction of sp³-hybridized carbons (Fsp3) is 0.222. The van der Waals surface area contributed by atoms with Crippen LogP contribution in [-0.2, 0) is 0 Å². The molecule has 0 amide bonds. The quantitative estimate of drug-likeness (QED) is 0.708. The third-order valence-electron chi connectivity index (χ3n) is 4.35. The van der Waals surface area contributed by atoms with Crippen molar-refractivity contribution in [3.63, 3.8) is 0 Å². The van der Waals surface area contributed by atoms with Gasteiger partial charge in [0.1, 0.15) is 29.3 Å². The van der Waals surface area contributed by atoms with Gasteiger partial charge in [-0.1, -0.05) is 18.2 Å². The Morgan fingerprint density at radius 1 is 1.04 bits per heavy atom. The number of anilines is 1. The van der Waals surface area contributed by atoms with Crippen LogP contribution in [-0.4, -0.2) is 16.5 Å². The van der Waals surface area contributed by atoms with Gasteiger partial charge in [-0.25, -0.2) is 18.7 Å². The van der Waals surface area contributed by atoms with Gasteiger partial charge in [-0.2, -0.15) is 0 Å². The van der Waals surface area contributed by atoms with Gasteiger partial charge in [-0.15, -0.1) is 0 Å². The second-order valence-electron chi connectivity index (χ2n) is 5.74. The average molecular weight is 311 g/mol. The Balaban J connectivity index is 1.82. The van der Waals surface area contributed by atoms with Crippen molar-refractivity contribution in [2.24, 2.45) is 0 Å². The van der Waals surface area contributed by atoms with Crippen LogP contribution >= 0.6 is 0 Å². The Kier molecular flexibility index (Phi) is 3.41. The smallest absolute Gasteiger partial charge is 0.149 e. The summed E-state index contributed by atoms with van der Waals surface area (Å²) in [7, 11) is 0. The minimum absolute atomic E-state index is 0.0482. The highest BCUT2D eigenvalue weighted by atomic mass is 19.1. The standard InChI is InChI=1S/C18H15F2N3/c19-13-5-1-4-12(10-13)16-8-3-9-23(16)18-14-6-2-7-15(20)17(14)21-11-22-18/h1-2,4-7,10-11,16H,3,8-9H2. The van der Waals surface area contributed by atoms with Gasteiger partial charge in [0.15, 0.2) is 0 Å². The molecule has 0 radical (unpaired) electrons. The molecule has 1 aromatic heterocycles. The lowest BCUT2D eigenvalue weighted by molar-refractivity contribution is 0.618. The Bertz CT molecular complexity index is 866. The van der Waals surface area contributed by atoms with Crippen LogP contribution in [0.4, 0.5) is 14.6 Å². The zero-order valence-electron chi connectivity index (χ0n) is 12.4. The normalized spacial score (nSPS) is 17.8. The van der Waals surface area contributed by atoms with Crippen molar-refractivity contribution in [3.05, 3.63) is 66.0 Å². The molecule has 2 aromatic carbocycles. The predicted molar refractivity (Wildman–Crippen MR) is 85.2 cm³/mol. The molecule has 0 bridgehead atoms. The topological polar surface area (TPSA) is 29.0 Å². The van der Waals surface area contributed by atoms with Crippen molar-refractivity contribution >= 4 is 16.7 Å². The van der Waals surface area contributed by atoms with E-state index in [0.717, 1.165) is 24.9 Å². The summed E-state index contributed by atoms with van der Waals surface area (Å²) < 4.78 is 27.5. The van der Waals surface area contributed by atoms with E-state index in [1.165, 1.54) is 18.5 Å². The number of hydrogen-bond donors (Lipinski definition) is 0. The maximum atomic E-state index is 14.0. The van der Waals surface area contributed by atoms with Gasteiger partial charge < -0.3 is 4.90 Å². The van der Waals surface area contributed by atoms with E-state index in [-0.39, 0.29) is 17.7 Å². The third-order valence-corrected chi connectivity index (χ3v) is 4.35. The lowest BCUT2D eigenvalue weighted by atomic mass is 10.0. The fourth-order valence-electron chi connectivity index (χ4n) is 3.35. The lowest BCUT2D eigenvalue weighted by Crippen LogP contribution is -2.24. The van der Waals surface area contributed by atoms with Crippen LogP contribution in [0.25, 0.3) is 10.9 Å². The van der Waals surface area contributed by atoms with E-state index in [2.05, 4.69) is 14.9 Å². The van der Waals surface area contributed by atoms with E-state index in [1.807, 2.05) is 12.1 Å². The molecule has 1 aliphatic rings. The fourth-order valence-corrected chi connectivity index (χ4v) is 3.35. The summed E-state index contributed by atoms with van der Waals surface area (Å²) in [5, 5.41) is 0.691. The second kappa shape index (κ2) is 5.57. The molecule has 5 heteroatoms. The molecule has 0 aliphatic carbocycles. The molecule has 1 aliphatic heterocycles. The Labute approximate surface area is 132 Å². The van der Waals surface area contributed by atoms with Crippen LogP contribution in [0.2, 0.25) is 0 Å². The maximum Gasteiger partial charge on any atom is 0.149 e. The van der Waals surface area contributed by atoms with E-state index >= 15 is 0 Å². The molecular weight excluding hydrogens is 296 g/mol. The van der Waals surface area contributed by atoms with Crippen LogP contribution in [0.3, 0.4) is 0 Å². The van der Waals surface area contributed by atoms with E-state index < -0.39 is 0 Å². The van der Waals surface area contributed by atoms with Gasteiger partial charge >= 0.3 is 0 Å². The third kappa shape index (κ3) is 2.42. The molecule has 0 saturated carbocycles. The molecule has 0 spiro atoms. The summed E-state index contributed by atoms with van der Waals surface area (Å²) >= 11 is 0. The van der Waals surface area contributed by atoms with Crippen LogP contribution < -0.4 is 4.90 Å². The highest BCUT2D eigenvalue weighted by Gasteiger charge is 2.28. The van der Waals surface area contributed by atoms with Gasteiger partial charge in [0.2, 0.25) is 0 Å². The zero-order chi connectivity index (χ0) is 15.8. The monoisotopic (exact) mass is 311 g/mol. The molecule has 4 rings (SSSR count). The number of rotatable bonds is 2. The summed E-state index contributed by atoms with van der Waals surface area (Å²) in [5.41, 5.74) is 1.24. The number of para-hydroxylation sites is 1. The Morgan fingerprint density at radius 2 is 1.91 bits per heavy atom. The SMILES string of the molecule is Fc1cccc(C2CCCN2c2ncnc3c(F)cccc23)c1. The van der Waals surface area contributed by atoms with Crippen molar-refractivity contribution in [2.75, 3.05) is 11.4 Å². The molecule has 1 atom stereocenters. The van der Waals surface area contributed by atoms with Gasteiger partial charge in [-0.3, -0.25) is 0 Å². The van der Waals surface area contributed by atoms with Crippen LogP contribution in [0.15, 0.2) is 48.8 Å². The molecule has 3 nitrogen and oxygen atoms in total. The Morgan fingerprint density at radius 3 is 2.78 bits per heavy atom. The highest BCUT2D eigenvalue weighted by Crippen LogP contribution is 2.38. The molecule has 3 aromatic rings. The van der Waals surface area contributed by atoms with E-state index in [1.54, 1.807) is 18.2 Å². The summed E-state index contributed by atoms with van der Waals surface area (Å²) in [6, 6.07) is 11.6. The molecule has 23 heavy (non-hydrogen) atoms. The summed E-state index contributed by atoms with van der Waals surface area (Å²) in [6.07, 6.45) is 3.30. The largest absolute Gasteiger partial charge is 0.349 e. The van der Waals surface area contributed by atoms with Crippen molar-refractivity contribution in [3.8, 4) is 0 Å². The minimum atomic E-state index is -0.354. The summed E-state index contributed by atoms with van der Waals surface area (Å²) in [6.45, 7) is 0.809. The number of halogens is 2. The maximum absolute atomic E-state index is 14.0. The zero-order valence-corrected chi connectivity index (χ0v) is 12.4. The molecule has 116 valence electrons. The van der Waals surface area contributed by atoms with Gasteiger partial charge in [0.25, 0.3) is 0 Å². The van der Waals surface area contributed by atoms with Gasteiger partial charge in [0, 0.05) is 11.9 Å². The van der Waals surface area contributed by atoms with Crippen molar-refractivity contribution < 1.29 is 8.78 Å². The summed E-state index contributed by atoms with van der Waals surface area (Å²) in [5.74, 6) is 0.113. The Hall–Kier alpha value is -2.56. The van der Waals surface area contributed by atoms with Gasteiger partial charge in [0.05, 0.1) is 6.04 Å². The average Bonchev–Trinajstić information content (AvgIpc) is 3.04. The molecule has 1 saturated heterocycles. The number of hydrogen-bond acceptors (Lipinski definition) is 3. The molecule has 2 heterocycles. The highest BCUT2D eigenvalue weighted by molar-refractivity contribution is 5.89. The minimum Gasteiger partial charge on any atom is -0.349 e. The molecule has 0 N–H and O–H groups in total. The first-order valence-corrected chi connectivity index (χ1v) is 7.65. The van der Waals surface area contributed by atoms with E-state index in [4.69, 9.17) is 0 Å². The van der Waals surface area contributed by atoms with E-state index in [0.29, 0.717) is 16.7 Å². The number of nitrogens with zero attached hydrogens (tertiary/aromatic N) is 3. The number of benzene rings is 2. The first kappa shape index (κ1) is 14.1. The second-order valence-corrected chi connectivity index (χ2v) is 5.74. The number of aromatic nitrogens is 2. The molecular formula is C18H15F2N3. The van der Waals surface area contributed by atoms with E-state index in [9.17, 15) is 8.78 Å². The van der Waals surface area contributed by atoms with Crippen LogP contribution in [0.1, 0.15) is 24.4 Å². The lowest BCUT2D eigenvalue weighted by Gasteiger charge is -2.27. The van der Waals surface area contributed by atoms with Crippen LogP contribution in [0, 0.1) is 11.6 Å². The van der Waals surface area contributed by atoms with Gasteiger partial charge in [-0.05, 0) is 42.7 Å². The van der Waals surface area contributed by atoms with Crippen LogP contribution in [0.5, 0.6) is 0 Å². The molecule has 1 unspecified atom stereocenters. The summed E-state index contributed by atoms with van der Waals surface area (Å²) in [4.78, 5) is 10.6. The van der Waals surface area contributed by atoms with Crippen molar-refractivity contribution in [2.45, 2.75) is 18.9 Å². The first-order chi connectivity index (χ1) is 11.2. The first-order valence-electron chi connectivity index (χ1n) is 7.65. The van der Waals surface area contributed by atoms with Crippen molar-refractivity contribution in [1.82, 2.24) is 9.97 Å². The predicted octanol–water partition coefficient (Wildman–Crippen LogP) is 4.25. The molecule has 1 fully saturated rings.